The van der Waals surface area contributed by atoms with Crippen LogP contribution in [0.4, 0.5) is 0 Å². The van der Waals surface area contributed by atoms with Crippen molar-refractivity contribution in [2.24, 2.45) is 0 Å². The number of aliphatic hydroxyl groups is 3. The smallest absolute Gasteiger partial charge is 0.335 e. The van der Waals surface area contributed by atoms with Gasteiger partial charge in [-0.25, -0.2) is 4.79 Å². The molecule has 4 rings (SSSR count). The number of hydrogen-bond donors (Lipinski definition) is 5. The third-order valence-corrected chi connectivity index (χ3v) is 4.91. The molecule has 1 saturated heterocycles. The van der Waals surface area contributed by atoms with E-state index in [1.54, 1.807) is 30.3 Å². The van der Waals surface area contributed by atoms with Gasteiger partial charge in [0.2, 0.25) is 6.29 Å². The minimum Gasteiger partial charge on any atom is -0.507 e. The average Bonchev–Trinajstić information content (AvgIpc) is 2.74. The van der Waals surface area contributed by atoms with Crippen LogP contribution in [0.3, 0.4) is 0 Å². The number of aromatic hydroxyl groups is 1. The Hall–Kier alpha value is -3.44. The highest BCUT2D eigenvalue weighted by atomic mass is 16.7. The van der Waals surface area contributed by atoms with E-state index in [2.05, 4.69) is 0 Å². The molecule has 1 aliphatic heterocycles. The third kappa shape index (κ3) is 3.84. The minimum absolute atomic E-state index is 0.0259. The van der Waals surface area contributed by atoms with Crippen molar-refractivity contribution in [2.45, 2.75) is 30.7 Å². The third-order valence-electron chi connectivity index (χ3n) is 4.91. The number of aliphatic hydroxyl groups excluding tert-OH is 3. The Morgan fingerprint density at radius 2 is 1.68 bits per heavy atom. The topological polar surface area (TPSA) is 167 Å². The lowest BCUT2D eigenvalue weighted by molar-refractivity contribution is -0.271. The molecule has 10 nitrogen and oxygen atoms in total. The van der Waals surface area contributed by atoms with E-state index in [0.717, 1.165) is 6.07 Å². The van der Waals surface area contributed by atoms with Gasteiger partial charge in [-0.3, -0.25) is 4.79 Å². The monoisotopic (exact) mass is 430 g/mol. The van der Waals surface area contributed by atoms with Gasteiger partial charge in [-0.15, -0.1) is 0 Å². The van der Waals surface area contributed by atoms with Crippen molar-refractivity contribution in [3.63, 3.8) is 0 Å². The van der Waals surface area contributed by atoms with Gasteiger partial charge in [0.1, 0.15) is 46.5 Å². The fraction of sp³-hybridized carbons (Fsp3) is 0.238. The summed E-state index contributed by atoms with van der Waals surface area (Å²) in [4.78, 5) is 23.7. The molecule has 2 aromatic carbocycles. The zero-order valence-electron chi connectivity index (χ0n) is 15.8. The first-order valence-corrected chi connectivity index (χ1v) is 9.21. The number of rotatable bonds is 4. The number of phenolic OH excluding ortho intramolecular Hbond substituents is 1. The Morgan fingerprint density at radius 1 is 0.968 bits per heavy atom. The van der Waals surface area contributed by atoms with Crippen molar-refractivity contribution in [1.82, 2.24) is 0 Å². The van der Waals surface area contributed by atoms with E-state index in [9.17, 15) is 30.0 Å². The molecule has 0 radical (unpaired) electrons. The molecule has 0 aliphatic carbocycles. The number of phenols is 1. The maximum absolute atomic E-state index is 12.5. The molecule has 162 valence electrons. The highest BCUT2D eigenvalue weighted by molar-refractivity contribution is 5.86. The Bertz CT molecular complexity index is 1170. The van der Waals surface area contributed by atoms with Crippen LogP contribution < -0.4 is 10.2 Å². The lowest BCUT2D eigenvalue weighted by Gasteiger charge is -2.38. The number of fused-ring (bicyclic) bond motifs is 1. The van der Waals surface area contributed by atoms with E-state index in [1.807, 2.05) is 0 Å². The number of carbonyl (C=O) groups is 1. The van der Waals surface area contributed by atoms with Crippen molar-refractivity contribution < 1.29 is 44.2 Å². The number of hydrogen-bond acceptors (Lipinski definition) is 9. The van der Waals surface area contributed by atoms with Crippen molar-refractivity contribution >= 4 is 16.9 Å². The maximum Gasteiger partial charge on any atom is 0.335 e. The Morgan fingerprint density at radius 3 is 2.35 bits per heavy atom. The summed E-state index contributed by atoms with van der Waals surface area (Å²) < 4.78 is 16.2. The second-order valence-corrected chi connectivity index (χ2v) is 7.01. The molecule has 0 spiro atoms. The second kappa shape index (κ2) is 8.00. The normalized spacial score (nSPS) is 26.0. The van der Waals surface area contributed by atoms with Crippen molar-refractivity contribution in [3.8, 4) is 22.8 Å². The van der Waals surface area contributed by atoms with Crippen molar-refractivity contribution in [1.29, 1.82) is 0 Å². The second-order valence-electron chi connectivity index (χ2n) is 7.01. The molecule has 10 heteroatoms. The van der Waals surface area contributed by atoms with Crippen LogP contribution >= 0.6 is 0 Å². The van der Waals surface area contributed by atoms with E-state index in [4.69, 9.17) is 19.0 Å². The molecule has 0 bridgehead atoms. The van der Waals surface area contributed by atoms with E-state index in [0.29, 0.717) is 5.56 Å². The summed E-state index contributed by atoms with van der Waals surface area (Å²) >= 11 is 0. The quantitative estimate of drug-likeness (QED) is 0.392. The summed E-state index contributed by atoms with van der Waals surface area (Å²) in [5.41, 5.74) is 0.101. The van der Waals surface area contributed by atoms with E-state index >= 15 is 0 Å². The first-order chi connectivity index (χ1) is 14.8. The molecule has 0 saturated carbocycles. The van der Waals surface area contributed by atoms with Crippen LogP contribution in [0.1, 0.15) is 0 Å². The average molecular weight is 430 g/mol. The summed E-state index contributed by atoms with van der Waals surface area (Å²) in [6, 6.07) is 12.3. The van der Waals surface area contributed by atoms with E-state index in [1.165, 1.54) is 12.1 Å². The molecule has 1 fully saturated rings. The number of ether oxygens (including phenoxy) is 2. The lowest BCUT2D eigenvalue weighted by Crippen LogP contribution is -2.61. The minimum atomic E-state index is -1.87. The van der Waals surface area contributed by atoms with Gasteiger partial charge in [-0.1, -0.05) is 30.3 Å². The van der Waals surface area contributed by atoms with Gasteiger partial charge < -0.3 is 39.4 Å². The first-order valence-electron chi connectivity index (χ1n) is 9.21. The van der Waals surface area contributed by atoms with Crippen LogP contribution in [0, 0.1) is 0 Å². The van der Waals surface area contributed by atoms with Crippen LogP contribution in [0.25, 0.3) is 22.3 Å². The van der Waals surface area contributed by atoms with E-state index in [-0.39, 0.29) is 22.5 Å². The predicted molar refractivity (Wildman–Crippen MR) is 105 cm³/mol. The maximum atomic E-state index is 12.5. The van der Waals surface area contributed by atoms with Crippen molar-refractivity contribution in [3.05, 3.63) is 58.8 Å². The molecule has 1 aliphatic rings. The summed E-state index contributed by atoms with van der Waals surface area (Å²) in [5.74, 6) is -1.92. The zero-order chi connectivity index (χ0) is 22.3. The summed E-state index contributed by atoms with van der Waals surface area (Å²) in [5, 5.41) is 49.1. The Kier molecular flexibility index (Phi) is 5.38. The van der Waals surface area contributed by atoms with Crippen LogP contribution in [0.2, 0.25) is 0 Å². The predicted octanol–water partition coefficient (Wildman–Crippen LogP) is 0.437. The number of carboxylic acids is 1. The summed E-state index contributed by atoms with van der Waals surface area (Å²) in [6.07, 6.45) is -9.04. The zero-order valence-corrected chi connectivity index (χ0v) is 15.8. The van der Waals surface area contributed by atoms with E-state index < -0.39 is 47.9 Å². The van der Waals surface area contributed by atoms with Crippen LogP contribution in [0.15, 0.2) is 57.7 Å². The van der Waals surface area contributed by atoms with Crippen LogP contribution in [-0.2, 0) is 9.53 Å². The highest BCUT2D eigenvalue weighted by Crippen LogP contribution is 2.33. The van der Waals surface area contributed by atoms with Gasteiger partial charge in [-0.2, -0.15) is 0 Å². The fourth-order valence-corrected chi connectivity index (χ4v) is 3.34. The molecule has 2 heterocycles. The largest absolute Gasteiger partial charge is 0.507 e. The molecule has 3 aromatic rings. The van der Waals surface area contributed by atoms with Gasteiger partial charge in [0.15, 0.2) is 11.5 Å². The Labute approximate surface area is 174 Å². The van der Waals surface area contributed by atoms with Gasteiger partial charge >= 0.3 is 5.97 Å². The first kappa shape index (κ1) is 20.8. The summed E-state index contributed by atoms with van der Waals surface area (Å²) in [7, 11) is 0. The molecule has 5 atom stereocenters. The molecule has 5 N–H and O–H groups in total. The fourth-order valence-electron chi connectivity index (χ4n) is 3.34. The lowest BCUT2D eigenvalue weighted by atomic mass is 9.99. The molecule has 0 amide bonds. The standard InChI is InChI=1S/C21H18O10/c22-11-6-10(29-21-18(26)16(24)17(25)19(31-21)20(27)28)7-14-15(11)12(23)8-13(30-14)9-4-2-1-3-5-9/h1-8,16-19,21-22,24-26H,(H,27,28)/t16-,17-,18?,19?,21+/m0/s1. The van der Waals surface area contributed by atoms with Gasteiger partial charge in [0.25, 0.3) is 0 Å². The molecular weight excluding hydrogens is 412 g/mol. The molecule has 31 heavy (non-hydrogen) atoms. The van der Waals surface area contributed by atoms with Crippen LogP contribution in [0.5, 0.6) is 11.5 Å². The molecular formula is C21H18O10. The van der Waals surface area contributed by atoms with Crippen molar-refractivity contribution in [2.75, 3.05) is 0 Å². The number of carboxylic acid groups (broad SMARTS) is 1. The molecule has 1 aromatic heterocycles. The number of aliphatic carboxylic acids is 1. The highest BCUT2D eigenvalue weighted by Gasteiger charge is 2.48. The Balaban J connectivity index is 1.71. The van der Waals surface area contributed by atoms with Gasteiger partial charge in [0, 0.05) is 23.8 Å². The SMILES string of the molecule is O=C(O)C1O[C@@H](Oc2cc(O)c3c(=O)cc(-c4ccccc4)oc3c2)C(O)[C@@H](O)[C@@H]1O. The number of benzene rings is 2. The van der Waals surface area contributed by atoms with Gasteiger partial charge in [0.05, 0.1) is 0 Å². The molecule has 2 unspecified atom stereocenters. The van der Waals surface area contributed by atoms with Crippen LogP contribution in [-0.4, -0.2) is 62.2 Å². The summed E-state index contributed by atoms with van der Waals surface area (Å²) in [6.45, 7) is 0. The van der Waals surface area contributed by atoms with Gasteiger partial charge in [-0.05, 0) is 0 Å².